The molecule has 0 unspecified atom stereocenters. The maximum atomic E-state index is 11.4. The first kappa shape index (κ1) is 14.4. The van der Waals surface area contributed by atoms with Crippen LogP contribution in [0.1, 0.15) is 11.1 Å². The zero-order chi connectivity index (χ0) is 15.0. The number of sulfonamides is 1. The molecular weight excluding hydrogens is 308 g/mol. The van der Waals surface area contributed by atoms with E-state index in [1.807, 2.05) is 30.3 Å². The van der Waals surface area contributed by atoms with Crippen molar-refractivity contribution >= 4 is 27.3 Å². The third-order valence-corrected chi connectivity index (χ3v) is 4.78. The molecule has 2 aromatic rings. The van der Waals surface area contributed by atoms with Crippen LogP contribution >= 0.6 is 11.6 Å². The fourth-order valence-corrected chi connectivity index (χ4v) is 3.42. The predicted molar refractivity (Wildman–Crippen MR) is 84.0 cm³/mol. The van der Waals surface area contributed by atoms with Gasteiger partial charge in [-0.05, 0) is 47.9 Å². The second kappa shape index (κ2) is 5.33. The van der Waals surface area contributed by atoms with E-state index < -0.39 is 10.0 Å². The lowest BCUT2D eigenvalue weighted by Crippen LogP contribution is -2.19. The highest BCUT2D eigenvalue weighted by atomic mass is 35.5. The van der Waals surface area contributed by atoms with Crippen LogP contribution in [-0.2, 0) is 23.0 Å². The van der Waals surface area contributed by atoms with E-state index >= 15 is 0 Å². The van der Waals surface area contributed by atoms with E-state index in [9.17, 15) is 8.42 Å². The number of anilines is 1. The number of nitrogens with zero attached hydrogens (tertiary/aromatic N) is 1. The van der Waals surface area contributed by atoms with Gasteiger partial charge in [-0.15, -0.1) is 0 Å². The summed E-state index contributed by atoms with van der Waals surface area (Å²) in [5.74, 6) is 0. The van der Waals surface area contributed by atoms with Crippen molar-refractivity contribution in [3.05, 3.63) is 58.6 Å². The maximum Gasteiger partial charge on any atom is 0.238 e. The van der Waals surface area contributed by atoms with Crippen LogP contribution in [-0.4, -0.2) is 15.0 Å². The van der Waals surface area contributed by atoms with Crippen LogP contribution in [0.2, 0.25) is 5.02 Å². The van der Waals surface area contributed by atoms with Crippen molar-refractivity contribution in [1.29, 1.82) is 0 Å². The number of nitrogens with two attached hydrogens (primary N) is 1. The highest BCUT2D eigenvalue weighted by Gasteiger charge is 2.21. The first-order valence-electron chi connectivity index (χ1n) is 6.58. The molecule has 1 aliphatic rings. The van der Waals surface area contributed by atoms with E-state index in [0.29, 0.717) is 0 Å². The Kier molecular flexibility index (Phi) is 3.65. The van der Waals surface area contributed by atoms with Crippen LogP contribution in [0.15, 0.2) is 47.4 Å². The van der Waals surface area contributed by atoms with Crippen LogP contribution in [0.4, 0.5) is 5.69 Å². The zero-order valence-corrected chi connectivity index (χ0v) is 12.9. The first-order valence-corrected chi connectivity index (χ1v) is 8.51. The van der Waals surface area contributed by atoms with Gasteiger partial charge in [-0.1, -0.05) is 23.7 Å². The Morgan fingerprint density at radius 1 is 1.19 bits per heavy atom. The Bertz CT molecular complexity index is 790. The summed E-state index contributed by atoms with van der Waals surface area (Å²) in [5.41, 5.74) is 3.21. The van der Waals surface area contributed by atoms with Crippen molar-refractivity contribution in [2.45, 2.75) is 17.9 Å². The molecular formula is C15H15ClN2O2S. The molecule has 0 aromatic heterocycles. The Morgan fingerprint density at radius 2 is 2.00 bits per heavy atom. The van der Waals surface area contributed by atoms with E-state index in [-0.39, 0.29) is 4.90 Å². The molecule has 0 saturated carbocycles. The molecule has 0 aliphatic carbocycles. The average Bonchev–Trinajstić information content (AvgIpc) is 2.80. The molecule has 0 amide bonds. The number of halogens is 1. The summed E-state index contributed by atoms with van der Waals surface area (Å²) >= 11 is 6.00. The minimum absolute atomic E-state index is 0.172. The topological polar surface area (TPSA) is 63.4 Å². The van der Waals surface area contributed by atoms with Crippen LogP contribution in [0.25, 0.3) is 0 Å². The fourth-order valence-electron chi connectivity index (χ4n) is 2.64. The third-order valence-electron chi connectivity index (χ3n) is 3.63. The van der Waals surface area contributed by atoms with Crippen LogP contribution in [0.5, 0.6) is 0 Å². The van der Waals surface area contributed by atoms with Crippen LogP contribution < -0.4 is 10.0 Å². The first-order chi connectivity index (χ1) is 9.93. The van der Waals surface area contributed by atoms with Gasteiger partial charge in [0.25, 0.3) is 0 Å². The van der Waals surface area contributed by atoms with E-state index in [2.05, 4.69) is 4.90 Å². The summed E-state index contributed by atoms with van der Waals surface area (Å²) in [6, 6.07) is 12.8. The molecule has 1 heterocycles. The lowest BCUT2D eigenvalue weighted by molar-refractivity contribution is 0.597. The monoisotopic (exact) mass is 322 g/mol. The second-order valence-electron chi connectivity index (χ2n) is 5.14. The number of hydrogen-bond donors (Lipinski definition) is 1. The maximum absolute atomic E-state index is 11.4. The van der Waals surface area contributed by atoms with Crippen LogP contribution in [0, 0.1) is 0 Å². The smallest absolute Gasteiger partial charge is 0.238 e. The van der Waals surface area contributed by atoms with Gasteiger partial charge in [0.1, 0.15) is 0 Å². The van der Waals surface area contributed by atoms with E-state index in [1.54, 1.807) is 12.1 Å². The van der Waals surface area contributed by atoms with E-state index in [0.717, 1.165) is 41.3 Å². The molecule has 0 bridgehead atoms. The summed E-state index contributed by atoms with van der Waals surface area (Å²) in [6.07, 6.45) is 0.819. The normalized spacial score (nSPS) is 14.3. The Hall–Kier alpha value is -1.56. The number of rotatable bonds is 3. The second-order valence-corrected chi connectivity index (χ2v) is 7.13. The average molecular weight is 323 g/mol. The largest absolute Gasteiger partial charge is 0.367 e. The third kappa shape index (κ3) is 3.05. The molecule has 4 nitrogen and oxygen atoms in total. The SMILES string of the molecule is NS(=O)(=O)c1ccc2c(c1)CCN2Cc1cccc(Cl)c1. The number of hydrogen-bond acceptors (Lipinski definition) is 3. The molecule has 6 heteroatoms. The quantitative estimate of drug-likeness (QED) is 0.944. The molecule has 0 atom stereocenters. The summed E-state index contributed by atoms with van der Waals surface area (Å²) in [5, 5.41) is 5.89. The Balaban J connectivity index is 1.87. The van der Waals surface area contributed by atoms with Gasteiger partial charge >= 0.3 is 0 Å². The minimum Gasteiger partial charge on any atom is -0.367 e. The molecule has 3 rings (SSSR count). The van der Waals surface area contributed by atoms with Gasteiger partial charge in [-0.25, -0.2) is 13.6 Å². The Morgan fingerprint density at radius 3 is 2.71 bits per heavy atom. The lowest BCUT2D eigenvalue weighted by atomic mass is 10.1. The van der Waals surface area contributed by atoms with E-state index in [4.69, 9.17) is 16.7 Å². The van der Waals surface area contributed by atoms with Crippen molar-refractivity contribution in [3.63, 3.8) is 0 Å². The Labute approximate surface area is 129 Å². The van der Waals surface area contributed by atoms with Gasteiger partial charge in [0, 0.05) is 23.8 Å². The van der Waals surface area contributed by atoms with Crippen molar-refractivity contribution in [1.82, 2.24) is 0 Å². The highest BCUT2D eigenvalue weighted by Crippen LogP contribution is 2.31. The van der Waals surface area contributed by atoms with Gasteiger partial charge in [0.2, 0.25) is 10.0 Å². The zero-order valence-electron chi connectivity index (χ0n) is 11.3. The summed E-state index contributed by atoms with van der Waals surface area (Å²) in [7, 11) is -3.64. The molecule has 21 heavy (non-hydrogen) atoms. The fraction of sp³-hybridized carbons (Fsp3) is 0.200. The molecule has 0 fully saturated rings. The summed E-state index contributed by atoms with van der Waals surface area (Å²) in [4.78, 5) is 2.39. The molecule has 110 valence electrons. The standard InChI is InChI=1S/C15H15ClN2O2S/c16-13-3-1-2-11(8-13)10-18-7-6-12-9-14(21(17,19)20)4-5-15(12)18/h1-5,8-9H,6-7,10H2,(H2,17,19,20). The molecule has 0 radical (unpaired) electrons. The molecule has 2 aromatic carbocycles. The molecule has 1 aliphatic heterocycles. The molecule has 0 saturated heterocycles. The van der Waals surface area contributed by atoms with Gasteiger partial charge in [0.15, 0.2) is 0 Å². The van der Waals surface area contributed by atoms with Gasteiger partial charge < -0.3 is 4.90 Å². The van der Waals surface area contributed by atoms with Crippen molar-refractivity contribution < 1.29 is 8.42 Å². The molecule has 2 N–H and O–H groups in total. The lowest BCUT2D eigenvalue weighted by Gasteiger charge is -2.19. The summed E-state index contributed by atoms with van der Waals surface area (Å²) < 4.78 is 22.8. The van der Waals surface area contributed by atoms with Crippen molar-refractivity contribution in [2.75, 3.05) is 11.4 Å². The predicted octanol–water partition coefficient (Wildman–Crippen LogP) is 2.55. The number of benzene rings is 2. The van der Waals surface area contributed by atoms with Crippen molar-refractivity contribution in [3.8, 4) is 0 Å². The van der Waals surface area contributed by atoms with E-state index in [1.165, 1.54) is 0 Å². The molecule has 0 spiro atoms. The van der Waals surface area contributed by atoms with Gasteiger partial charge in [-0.3, -0.25) is 0 Å². The van der Waals surface area contributed by atoms with Gasteiger partial charge in [-0.2, -0.15) is 0 Å². The number of fused-ring (bicyclic) bond motifs is 1. The highest BCUT2D eigenvalue weighted by molar-refractivity contribution is 7.89. The van der Waals surface area contributed by atoms with Crippen molar-refractivity contribution in [2.24, 2.45) is 5.14 Å². The minimum atomic E-state index is -3.64. The van der Waals surface area contributed by atoms with Gasteiger partial charge in [0.05, 0.1) is 4.90 Å². The number of primary sulfonamides is 1. The summed E-state index contributed by atoms with van der Waals surface area (Å²) in [6.45, 7) is 1.61. The van der Waals surface area contributed by atoms with Crippen LogP contribution in [0.3, 0.4) is 0 Å².